The molecular weight excluding hydrogens is 198 g/mol. The van der Waals surface area contributed by atoms with Crippen LogP contribution in [-0.4, -0.2) is 30.6 Å². The molecule has 0 saturated carbocycles. The zero-order valence-electron chi connectivity index (χ0n) is 8.61. The first kappa shape index (κ1) is 11.4. The van der Waals surface area contributed by atoms with Crippen molar-refractivity contribution >= 4 is 24.1 Å². The van der Waals surface area contributed by atoms with Crippen LogP contribution in [0.5, 0.6) is 0 Å². The van der Waals surface area contributed by atoms with Gasteiger partial charge in [-0.05, 0) is 5.92 Å². The molecule has 0 bridgehead atoms. The van der Waals surface area contributed by atoms with E-state index < -0.39 is 23.8 Å². The van der Waals surface area contributed by atoms with E-state index in [4.69, 9.17) is 0 Å². The number of barbiturate groups is 1. The molecule has 1 rings (SSSR count). The first-order valence-electron chi connectivity index (χ1n) is 4.66. The van der Waals surface area contributed by atoms with Gasteiger partial charge in [-0.3, -0.25) is 25.2 Å². The Bertz CT molecular complexity index is 303. The van der Waals surface area contributed by atoms with E-state index in [1.54, 1.807) is 0 Å². The summed E-state index contributed by atoms with van der Waals surface area (Å²) >= 11 is 0. The summed E-state index contributed by atoms with van der Waals surface area (Å²) in [5.41, 5.74) is 0. The van der Waals surface area contributed by atoms with Gasteiger partial charge in [-0.25, -0.2) is 4.79 Å². The SMILES string of the molecule is CC(C)CN=CC1C(=O)NC(=O)NC1=O. The van der Waals surface area contributed by atoms with E-state index in [9.17, 15) is 14.4 Å². The molecule has 0 aliphatic carbocycles. The van der Waals surface area contributed by atoms with Gasteiger partial charge in [-0.2, -0.15) is 0 Å². The number of nitrogens with zero attached hydrogens (tertiary/aromatic N) is 1. The lowest BCUT2D eigenvalue weighted by Crippen LogP contribution is -2.56. The van der Waals surface area contributed by atoms with Gasteiger partial charge in [0.2, 0.25) is 11.8 Å². The maximum absolute atomic E-state index is 11.2. The highest BCUT2D eigenvalue weighted by Crippen LogP contribution is 2.00. The van der Waals surface area contributed by atoms with E-state index in [-0.39, 0.29) is 0 Å². The molecule has 2 N–H and O–H groups in total. The van der Waals surface area contributed by atoms with Crippen LogP contribution in [0.15, 0.2) is 4.99 Å². The van der Waals surface area contributed by atoms with E-state index in [0.717, 1.165) is 0 Å². The van der Waals surface area contributed by atoms with Gasteiger partial charge in [0, 0.05) is 12.8 Å². The molecule has 82 valence electrons. The van der Waals surface area contributed by atoms with Gasteiger partial charge in [0.15, 0.2) is 5.92 Å². The molecule has 0 radical (unpaired) electrons. The molecule has 0 spiro atoms. The minimum atomic E-state index is -0.999. The van der Waals surface area contributed by atoms with Crippen molar-refractivity contribution in [2.24, 2.45) is 16.8 Å². The van der Waals surface area contributed by atoms with Gasteiger partial charge in [0.1, 0.15) is 0 Å². The number of amides is 4. The highest BCUT2D eigenvalue weighted by atomic mass is 16.2. The van der Waals surface area contributed by atoms with E-state index in [1.165, 1.54) is 6.21 Å². The normalized spacial score (nSPS) is 18.5. The molecule has 0 unspecified atom stereocenters. The predicted octanol–water partition coefficient (Wildman–Crippen LogP) is -0.305. The van der Waals surface area contributed by atoms with Crippen LogP contribution in [0.4, 0.5) is 4.79 Å². The van der Waals surface area contributed by atoms with Gasteiger partial charge in [0.05, 0.1) is 0 Å². The second kappa shape index (κ2) is 4.68. The second-order valence-electron chi connectivity index (χ2n) is 3.69. The number of imide groups is 2. The number of hydrogen-bond acceptors (Lipinski definition) is 4. The average Bonchev–Trinajstić information content (AvgIpc) is 2.08. The molecular formula is C9H13N3O3. The fourth-order valence-electron chi connectivity index (χ4n) is 1.04. The standard InChI is InChI=1S/C9H13N3O3/c1-5(2)3-10-4-6-7(13)11-9(15)12-8(6)14/h4-6H,3H2,1-2H3,(H2,11,12,13,14,15). The monoisotopic (exact) mass is 211 g/mol. The third kappa shape index (κ3) is 3.16. The summed E-state index contributed by atoms with van der Waals surface area (Å²) in [7, 11) is 0. The first-order chi connectivity index (χ1) is 7.00. The molecule has 6 heteroatoms. The molecule has 1 aliphatic rings. The number of aliphatic imine (C=N–C) groups is 1. The molecule has 1 aliphatic heterocycles. The summed E-state index contributed by atoms with van der Waals surface area (Å²) in [4.78, 5) is 37.1. The second-order valence-corrected chi connectivity index (χ2v) is 3.69. The molecule has 4 amide bonds. The topological polar surface area (TPSA) is 87.6 Å². The van der Waals surface area contributed by atoms with E-state index in [1.807, 2.05) is 24.5 Å². The highest BCUT2D eigenvalue weighted by Gasteiger charge is 2.32. The first-order valence-corrected chi connectivity index (χ1v) is 4.66. The average molecular weight is 211 g/mol. The lowest BCUT2D eigenvalue weighted by atomic mass is 10.1. The zero-order valence-corrected chi connectivity index (χ0v) is 8.61. The Morgan fingerprint density at radius 1 is 1.27 bits per heavy atom. The smallest absolute Gasteiger partial charge is 0.296 e. The van der Waals surface area contributed by atoms with Crippen molar-refractivity contribution in [1.82, 2.24) is 10.6 Å². The fourth-order valence-corrected chi connectivity index (χ4v) is 1.04. The maximum Gasteiger partial charge on any atom is 0.328 e. The fraction of sp³-hybridized carbons (Fsp3) is 0.556. The van der Waals surface area contributed by atoms with Crippen molar-refractivity contribution in [3.05, 3.63) is 0 Å². The zero-order chi connectivity index (χ0) is 11.4. The van der Waals surface area contributed by atoms with Crippen LogP contribution in [0.3, 0.4) is 0 Å². The van der Waals surface area contributed by atoms with Gasteiger partial charge < -0.3 is 0 Å². The maximum atomic E-state index is 11.2. The molecule has 1 saturated heterocycles. The lowest BCUT2D eigenvalue weighted by molar-refractivity contribution is -0.132. The number of urea groups is 1. The molecule has 0 atom stereocenters. The number of hydrogen-bond donors (Lipinski definition) is 2. The van der Waals surface area contributed by atoms with Crippen LogP contribution in [-0.2, 0) is 9.59 Å². The van der Waals surface area contributed by atoms with Crippen molar-refractivity contribution in [2.75, 3.05) is 6.54 Å². The Balaban J connectivity index is 2.60. The van der Waals surface area contributed by atoms with Crippen LogP contribution >= 0.6 is 0 Å². The summed E-state index contributed by atoms with van der Waals surface area (Å²) in [5.74, 6) is -1.90. The minimum absolute atomic E-state index is 0.359. The molecule has 1 fully saturated rings. The number of carbonyl (C=O) groups is 3. The van der Waals surface area contributed by atoms with Gasteiger partial charge in [-0.15, -0.1) is 0 Å². The number of rotatable bonds is 3. The van der Waals surface area contributed by atoms with Crippen molar-refractivity contribution < 1.29 is 14.4 Å². The number of nitrogens with one attached hydrogen (secondary N) is 2. The molecule has 15 heavy (non-hydrogen) atoms. The summed E-state index contributed by atoms with van der Waals surface area (Å²) < 4.78 is 0. The molecule has 6 nitrogen and oxygen atoms in total. The van der Waals surface area contributed by atoms with E-state index >= 15 is 0 Å². The Hall–Kier alpha value is -1.72. The molecule has 0 aromatic carbocycles. The summed E-state index contributed by atoms with van der Waals surface area (Å²) in [5, 5.41) is 3.99. The van der Waals surface area contributed by atoms with E-state index in [0.29, 0.717) is 12.5 Å². The predicted molar refractivity (Wildman–Crippen MR) is 53.4 cm³/mol. The van der Waals surface area contributed by atoms with Crippen LogP contribution in [0, 0.1) is 11.8 Å². The van der Waals surface area contributed by atoms with Crippen LogP contribution < -0.4 is 10.6 Å². The summed E-state index contributed by atoms with van der Waals surface area (Å²) in [6, 6.07) is -0.779. The van der Waals surface area contributed by atoms with E-state index in [2.05, 4.69) is 4.99 Å². The lowest BCUT2D eigenvalue weighted by Gasteiger charge is -2.17. The van der Waals surface area contributed by atoms with Crippen LogP contribution in [0.2, 0.25) is 0 Å². The quantitative estimate of drug-likeness (QED) is 0.496. The van der Waals surface area contributed by atoms with Crippen LogP contribution in [0.25, 0.3) is 0 Å². The largest absolute Gasteiger partial charge is 0.328 e. The highest BCUT2D eigenvalue weighted by molar-refractivity contribution is 6.23. The third-order valence-electron chi connectivity index (χ3n) is 1.76. The molecule has 0 aromatic heterocycles. The summed E-state index contributed by atoms with van der Waals surface area (Å²) in [6.45, 7) is 4.49. The van der Waals surface area contributed by atoms with Crippen LogP contribution in [0.1, 0.15) is 13.8 Å². The van der Waals surface area contributed by atoms with Gasteiger partial charge >= 0.3 is 6.03 Å². The van der Waals surface area contributed by atoms with Crippen molar-refractivity contribution in [3.8, 4) is 0 Å². The Morgan fingerprint density at radius 2 is 1.80 bits per heavy atom. The molecule has 0 aromatic rings. The Morgan fingerprint density at radius 3 is 2.27 bits per heavy atom. The van der Waals surface area contributed by atoms with Crippen molar-refractivity contribution in [1.29, 1.82) is 0 Å². The van der Waals surface area contributed by atoms with Gasteiger partial charge in [-0.1, -0.05) is 13.8 Å². The van der Waals surface area contributed by atoms with Gasteiger partial charge in [0.25, 0.3) is 0 Å². The molecule has 1 heterocycles. The Kier molecular flexibility index (Phi) is 3.54. The third-order valence-corrected chi connectivity index (χ3v) is 1.76. The number of carbonyl (C=O) groups excluding carboxylic acids is 3. The summed E-state index contributed by atoms with van der Waals surface area (Å²) in [6.07, 6.45) is 1.27. The van der Waals surface area contributed by atoms with Crippen molar-refractivity contribution in [2.45, 2.75) is 13.8 Å². The van der Waals surface area contributed by atoms with Crippen molar-refractivity contribution in [3.63, 3.8) is 0 Å². The minimum Gasteiger partial charge on any atom is -0.296 e. The Labute approximate surface area is 87.1 Å².